The van der Waals surface area contributed by atoms with Gasteiger partial charge in [-0.1, -0.05) is 35.9 Å². The normalized spacial score (nSPS) is 11.4. The van der Waals surface area contributed by atoms with Gasteiger partial charge in [0, 0.05) is 11.1 Å². The summed E-state index contributed by atoms with van der Waals surface area (Å²) in [4.78, 5) is 16.9. The van der Waals surface area contributed by atoms with Gasteiger partial charge >= 0.3 is 5.24 Å². The van der Waals surface area contributed by atoms with E-state index < -0.39 is 0 Å². The summed E-state index contributed by atoms with van der Waals surface area (Å²) in [5, 5.41) is 4.57. The second kappa shape index (κ2) is 7.07. The second-order valence-corrected chi connectivity index (χ2v) is 5.98. The van der Waals surface area contributed by atoms with E-state index in [2.05, 4.69) is 10.1 Å². The molecule has 0 saturated carbocycles. The number of amides is 1. The molecule has 0 saturated heterocycles. The van der Waals surface area contributed by atoms with Crippen LogP contribution >= 0.6 is 11.8 Å². The fourth-order valence-corrected chi connectivity index (χ4v) is 2.61. The third kappa shape index (κ3) is 4.17. The smallest absolute Gasteiger partial charge is 0.259 e. The van der Waals surface area contributed by atoms with Crippen LogP contribution in [0.25, 0.3) is 5.69 Å². The highest BCUT2D eigenvalue weighted by atomic mass is 32.2. The number of aromatic nitrogens is 2. The number of carbonyl (C=O) groups is 1. The number of aryl methyl sites for hydroxylation is 1. The summed E-state index contributed by atoms with van der Waals surface area (Å²) in [5.41, 5.74) is 2.12. The molecule has 23 heavy (non-hydrogen) atoms. The number of benzene rings is 2. The van der Waals surface area contributed by atoms with Crippen molar-refractivity contribution in [2.24, 2.45) is 4.99 Å². The molecule has 0 atom stereocenters. The SMILES string of the molecule is Cc1ccc(SC(=O)N=c2ccn(-c3ccccc3)nc2)cc1. The first kappa shape index (κ1) is 15.2. The zero-order valence-electron chi connectivity index (χ0n) is 12.6. The summed E-state index contributed by atoms with van der Waals surface area (Å²) in [6.45, 7) is 2.01. The maximum absolute atomic E-state index is 12.0. The van der Waals surface area contributed by atoms with Crippen molar-refractivity contribution in [3.8, 4) is 5.69 Å². The quantitative estimate of drug-likeness (QED) is 0.670. The van der Waals surface area contributed by atoms with Gasteiger partial charge in [0.05, 0.1) is 17.2 Å². The van der Waals surface area contributed by atoms with E-state index in [1.165, 1.54) is 0 Å². The number of hydrogen-bond donors (Lipinski definition) is 0. The molecule has 0 unspecified atom stereocenters. The van der Waals surface area contributed by atoms with Crippen molar-refractivity contribution in [3.63, 3.8) is 0 Å². The van der Waals surface area contributed by atoms with Crippen molar-refractivity contribution < 1.29 is 4.79 Å². The van der Waals surface area contributed by atoms with Crippen molar-refractivity contribution in [3.05, 3.63) is 84.0 Å². The molecule has 2 aromatic carbocycles. The molecule has 5 heteroatoms. The summed E-state index contributed by atoms with van der Waals surface area (Å²) in [7, 11) is 0. The van der Waals surface area contributed by atoms with E-state index in [0.29, 0.717) is 5.36 Å². The molecular formula is C18H15N3OS. The molecule has 3 rings (SSSR count). The van der Waals surface area contributed by atoms with Crippen molar-refractivity contribution in [1.29, 1.82) is 0 Å². The predicted octanol–water partition coefficient (Wildman–Crippen LogP) is 3.99. The largest absolute Gasteiger partial charge is 0.310 e. The number of nitrogens with zero attached hydrogens (tertiary/aromatic N) is 3. The van der Waals surface area contributed by atoms with Crippen molar-refractivity contribution in [2.45, 2.75) is 11.8 Å². The van der Waals surface area contributed by atoms with Crippen molar-refractivity contribution >= 4 is 17.0 Å². The molecule has 4 nitrogen and oxygen atoms in total. The van der Waals surface area contributed by atoms with E-state index in [4.69, 9.17) is 0 Å². The number of rotatable bonds is 2. The lowest BCUT2D eigenvalue weighted by atomic mass is 10.2. The van der Waals surface area contributed by atoms with Crippen LogP contribution in [0.4, 0.5) is 4.79 Å². The van der Waals surface area contributed by atoms with Crippen LogP contribution in [-0.4, -0.2) is 15.0 Å². The van der Waals surface area contributed by atoms with Gasteiger partial charge in [0.25, 0.3) is 0 Å². The molecule has 0 N–H and O–H groups in total. The van der Waals surface area contributed by atoms with Gasteiger partial charge in [0.2, 0.25) is 0 Å². The van der Waals surface area contributed by atoms with Gasteiger partial charge in [-0.15, -0.1) is 0 Å². The van der Waals surface area contributed by atoms with Crippen LogP contribution < -0.4 is 5.36 Å². The molecule has 0 bridgehead atoms. The summed E-state index contributed by atoms with van der Waals surface area (Å²) in [5.74, 6) is 0. The van der Waals surface area contributed by atoms with Gasteiger partial charge in [-0.3, -0.25) is 4.79 Å². The molecule has 3 aromatic rings. The average Bonchev–Trinajstić information content (AvgIpc) is 2.58. The lowest BCUT2D eigenvalue weighted by Gasteiger charge is -2.03. The lowest BCUT2D eigenvalue weighted by molar-refractivity contribution is 0.267. The first-order valence-corrected chi connectivity index (χ1v) is 7.96. The fraction of sp³-hybridized carbons (Fsp3) is 0.0556. The molecule has 0 fully saturated rings. The van der Waals surface area contributed by atoms with E-state index in [1.807, 2.05) is 61.5 Å². The van der Waals surface area contributed by atoms with Gasteiger partial charge in [-0.25, -0.2) is 9.67 Å². The predicted molar refractivity (Wildman–Crippen MR) is 91.6 cm³/mol. The van der Waals surface area contributed by atoms with Crippen LogP contribution in [-0.2, 0) is 0 Å². The number of thioether (sulfide) groups is 1. The molecular weight excluding hydrogens is 306 g/mol. The minimum Gasteiger partial charge on any atom is -0.259 e. The first-order chi connectivity index (χ1) is 11.2. The van der Waals surface area contributed by atoms with Gasteiger partial charge in [-0.2, -0.15) is 5.10 Å². The maximum atomic E-state index is 12.0. The Labute approximate surface area is 138 Å². The third-order valence-corrected chi connectivity index (χ3v) is 3.94. The highest BCUT2D eigenvalue weighted by Gasteiger charge is 2.02. The van der Waals surface area contributed by atoms with Gasteiger partial charge in [-0.05, 0) is 49.0 Å². The molecule has 0 aliphatic carbocycles. The minimum atomic E-state index is -0.256. The zero-order chi connectivity index (χ0) is 16.1. The van der Waals surface area contributed by atoms with E-state index in [0.717, 1.165) is 27.9 Å². The van der Waals surface area contributed by atoms with Crippen LogP contribution in [0.15, 0.2) is 82.9 Å². The van der Waals surface area contributed by atoms with E-state index in [-0.39, 0.29) is 5.24 Å². The molecule has 0 radical (unpaired) electrons. The molecule has 0 spiro atoms. The zero-order valence-corrected chi connectivity index (χ0v) is 13.4. The lowest BCUT2D eigenvalue weighted by Crippen LogP contribution is -2.09. The molecule has 1 amide bonds. The minimum absolute atomic E-state index is 0.256. The van der Waals surface area contributed by atoms with Crippen LogP contribution in [0.1, 0.15) is 5.56 Å². The number of hydrogen-bond acceptors (Lipinski definition) is 3. The van der Waals surface area contributed by atoms with Crippen LogP contribution in [0.5, 0.6) is 0 Å². The molecule has 1 heterocycles. The van der Waals surface area contributed by atoms with Crippen LogP contribution in [0.2, 0.25) is 0 Å². The van der Waals surface area contributed by atoms with E-state index >= 15 is 0 Å². The van der Waals surface area contributed by atoms with Gasteiger partial charge in [0.15, 0.2) is 0 Å². The molecule has 0 aliphatic rings. The van der Waals surface area contributed by atoms with Crippen LogP contribution in [0, 0.1) is 6.92 Å². The summed E-state index contributed by atoms with van der Waals surface area (Å²) < 4.78 is 1.73. The summed E-state index contributed by atoms with van der Waals surface area (Å²) in [6, 6.07) is 19.3. The molecule has 0 aliphatic heterocycles. The Balaban J connectivity index is 1.74. The van der Waals surface area contributed by atoms with Gasteiger partial charge < -0.3 is 0 Å². The van der Waals surface area contributed by atoms with E-state index in [9.17, 15) is 4.79 Å². The average molecular weight is 321 g/mol. The standard InChI is InChI=1S/C18H15N3OS/c1-14-7-9-17(10-8-14)23-18(22)20-15-11-12-21(19-13-15)16-5-3-2-4-6-16/h2-13H,1H3. The first-order valence-electron chi connectivity index (χ1n) is 7.14. The Bertz CT molecular complexity index is 850. The van der Waals surface area contributed by atoms with E-state index in [1.54, 1.807) is 23.1 Å². The Morgan fingerprint density at radius 2 is 1.78 bits per heavy atom. The Kier molecular flexibility index (Phi) is 4.68. The number of carbonyl (C=O) groups excluding carboxylic acids is 1. The Morgan fingerprint density at radius 3 is 2.43 bits per heavy atom. The topological polar surface area (TPSA) is 47.2 Å². The maximum Gasteiger partial charge on any atom is 0.310 e. The Hall–Kier alpha value is -2.66. The van der Waals surface area contributed by atoms with Gasteiger partial charge in [0.1, 0.15) is 0 Å². The third-order valence-electron chi connectivity index (χ3n) is 3.17. The summed E-state index contributed by atoms with van der Waals surface area (Å²) >= 11 is 1.11. The second-order valence-electron chi connectivity index (χ2n) is 4.96. The fourth-order valence-electron chi connectivity index (χ4n) is 1.98. The van der Waals surface area contributed by atoms with Crippen molar-refractivity contribution in [1.82, 2.24) is 9.78 Å². The monoisotopic (exact) mass is 321 g/mol. The molecule has 1 aromatic heterocycles. The Morgan fingerprint density at radius 1 is 1.04 bits per heavy atom. The van der Waals surface area contributed by atoms with Crippen molar-refractivity contribution in [2.75, 3.05) is 0 Å². The molecule has 114 valence electrons. The number of para-hydroxylation sites is 1. The van der Waals surface area contributed by atoms with Crippen LogP contribution in [0.3, 0.4) is 0 Å². The highest BCUT2D eigenvalue weighted by Crippen LogP contribution is 2.20. The summed E-state index contributed by atoms with van der Waals surface area (Å²) in [6.07, 6.45) is 3.37. The highest BCUT2D eigenvalue weighted by molar-refractivity contribution is 8.13.